The number of benzene rings is 1. The van der Waals surface area contributed by atoms with Gasteiger partial charge in [0.25, 0.3) is 0 Å². The molecule has 2 rings (SSSR count). The maximum absolute atomic E-state index is 6.21. The van der Waals surface area contributed by atoms with Gasteiger partial charge in [-0.15, -0.1) is 0 Å². The highest BCUT2D eigenvalue weighted by Gasteiger charge is 2.30. The van der Waals surface area contributed by atoms with E-state index >= 15 is 0 Å². The van der Waals surface area contributed by atoms with Crippen molar-refractivity contribution in [2.45, 2.75) is 65.8 Å². The van der Waals surface area contributed by atoms with E-state index < -0.39 is 0 Å². The van der Waals surface area contributed by atoms with Crippen molar-refractivity contribution >= 4 is 0 Å². The van der Waals surface area contributed by atoms with Crippen LogP contribution in [0.4, 0.5) is 0 Å². The second kappa shape index (κ2) is 9.29. The van der Waals surface area contributed by atoms with Gasteiger partial charge in [-0.3, -0.25) is 0 Å². The minimum Gasteiger partial charge on any atom is -0.494 e. The smallest absolute Gasteiger partial charge is 0.184 e. The lowest BCUT2D eigenvalue weighted by Gasteiger charge is -2.36. The summed E-state index contributed by atoms with van der Waals surface area (Å²) in [7, 11) is 0. The third-order valence-corrected chi connectivity index (χ3v) is 4.50. The van der Waals surface area contributed by atoms with Gasteiger partial charge in [-0.05, 0) is 37.3 Å². The number of rotatable bonds is 8. The first-order chi connectivity index (χ1) is 11.1. The van der Waals surface area contributed by atoms with E-state index in [2.05, 4.69) is 39.8 Å². The van der Waals surface area contributed by atoms with Crippen LogP contribution in [0.15, 0.2) is 24.3 Å². The minimum atomic E-state index is -0.237. The van der Waals surface area contributed by atoms with Crippen LogP contribution in [-0.2, 0) is 9.47 Å². The molecule has 0 spiro atoms. The summed E-state index contributed by atoms with van der Waals surface area (Å²) < 4.78 is 17.9. The van der Waals surface area contributed by atoms with Gasteiger partial charge in [-0.1, -0.05) is 46.2 Å². The van der Waals surface area contributed by atoms with Crippen LogP contribution in [0.5, 0.6) is 5.75 Å². The lowest BCUT2D eigenvalue weighted by Crippen LogP contribution is -2.35. The van der Waals surface area contributed by atoms with Gasteiger partial charge in [-0.2, -0.15) is 0 Å². The molecule has 0 saturated carbocycles. The Morgan fingerprint density at radius 2 is 1.91 bits per heavy atom. The molecule has 130 valence electrons. The highest BCUT2D eigenvalue weighted by Crippen LogP contribution is 2.33. The lowest BCUT2D eigenvalue weighted by molar-refractivity contribution is -0.243. The molecule has 0 bridgehead atoms. The van der Waals surface area contributed by atoms with Crippen molar-refractivity contribution in [2.24, 2.45) is 11.8 Å². The molecule has 3 nitrogen and oxygen atoms in total. The van der Waals surface area contributed by atoms with Crippen LogP contribution in [0.1, 0.15) is 65.2 Å². The maximum atomic E-state index is 6.21. The molecule has 0 aliphatic carbocycles. The zero-order valence-corrected chi connectivity index (χ0v) is 15.1. The predicted octanol–water partition coefficient (Wildman–Crippen LogP) is 5.35. The highest BCUT2D eigenvalue weighted by molar-refractivity contribution is 5.28. The van der Waals surface area contributed by atoms with E-state index in [9.17, 15) is 0 Å². The molecule has 1 aliphatic heterocycles. The molecule has 1 aromatic carbocycles. The molecule has 3 atom stereocenters. The van der Waals surface area contributed by atoms with Gasteiger partial charge in [0, 0.05) is 11.5 Å². The molecule has 1 aromatic rings. The van der Waals surface area contributed by atoms with Crippen molar-refractivity contribution < 1.29 is 14.2 Å². The quantitative estimate of drug-likeness (QED) is 0.646. The van der Waals surface area contributed by atoms with Crippen LogP contribution in [0.25, 0.3) is 0 Å². The Balaban J connectivity index is 1.91. The van der Waals surface area contributed by atoms with E-state index in [1.54, 1.807) is 0 Å². The van der Waals surface area contributed by atoms with Crippen molar-refractivity contribution in [3.05, 3.63) is 29.8 Å². The van der Waals surface area contributed by atoms with Crippen LogP contribution in [0.2, 0.25) is 0 Å². The number of hydrogen-bond acceptors (Lipinski definition) is 3. The molecule has 1 heterocycles. The standard InChI is InChI=1S/C20H32O3/c1-5-7-19-16(6-2)14-22-20(23-19)17-8-10-18(11-9-17)21-13-12-15(3)4/h8-11,15-16,19-20H,5-7,12-14H2,1-4H3/t16-,19-,20-/m0/s1. The molecular formula is C20H32O3. The van der Waals surface area contributed by atoms with Crippen molar-refractivity contribution in [1.29, 1.82) is 0 Å². The second-order valence-corrected chi connectivity index (χ2v) is 6.90. The Hall–Kier alpha value is -1.06. The lowest BCUT2D eigenvalue weighted by atomic mass is 9.95. The van der Waals surface area contributed by atoms with Crippen LogP contribution < -0.4 is 4.74 Å². The summed E-state index contributed by atoms with van der Waals surface area (Å²) in [6, 6.07) is 8.15. The van der Waals surface area contributed by atoms with E-state index in [0.29, 0.717) is 17.9 Å². The highest BCUT2D eigenvalue weighted by atomic mass is 16.7. The Labute approximate surface area is 141 Å². The fourth-order valence-corrected chi connectivity index (χ4v) is 2.90. The van der Waals surface area contributed by atoms with E-state index in [-0.39, 0.29) is 6.29 Å². The monoisotopic (exact) mass is 320 g/mol. The Morgan fingerprint density at radius 1 is 1.17 bits per heavy atom. The first kappa shape index (κ1) is 18.3. The zero-order valence-electron chi connectivity index (χ0n) is 15.1. The van der Waals surface area contributed by atoms with Gasteiger partial charge in [0.05, 0.1) is 19.3 Å². The van der Waals surface area contributed by atoms with Gasteiger partial charge >= 0.3 is 0 Å². The fraction of sp³-hybridized carbons (Fsp3) is 0.700. The van der Waals surface area contributed by atoms with Gasteiger partial charge in [0.1, 0.15) is 5.75 Å². The summed E-state index contributed by atoms with van der Waals surface area (Å²) in [6.45, 7) is 10.4. The van der Waals surface area contributed by atoms with Crippen LogP contribution in [0.3, 0.4) is 0 Å². The largest absolute Gasteiger partial charge is 0.494 e. The average Bonchev–Trinajstić information content (AvgIpc) is 2.55. The summed E-state index contributed by atoms with van der Waals surface area (Å²) in [5.41, 5.74) is 1.08. The molecular weight excluding hydrogens is 288 g/mol. The molecule has 0 unspecified atom stereocenters. The summed E-state index contributed by atoms with van der Waals surface area (Å²) in [4.78, 5) is 0. The number of hydrogen-bond donors (Lipinski definition) is 0. The third-order valence-electron chi connectivity index (χ3n) is 4.50. The number of ether oxygens (including phenoxy) is 3. The molecule has 0 aromatic heterocycles. The average molecular weight is 320 g/mol. The van der Waals surface area contributed by atoms with E-state index in [1.165, 1.54) is 0 Å². The van der Waals surface area contributed by atoms with Crippen LogP contribution in [-0.4, -0.2) is 19.3 Å². The Kier molecular flexibility index (Phi) is 7.38. The molecule has 1 aliphatic rings. The SMILES string of the molecule is CCC[C@@H]1O[C@@H](c2ccc(OCCC(C)C)cc2)OC[C@@H]1CC. The van der Waals surface area contributed by atoms with E-state index in [0.717, 1.165) is 50.2 Å². The van der Waals surface area contributed by atoms with Crippen molar-refractivity contribution in [1.82, 2.24) is 0 Å². The normalized spacial score (nSPS) is 24.8. The molecule has 3 heteroatoms. The van der Waals surface area contributed by atoms with Crippen LogP contribution in [0, 0.1) is 11.8 Å². The van der Waals surface area contributed by atoms with Gasteiger partial charge in [-0.25, -0.2) is 0 Å². The van der Waals surface area contributed by atoms with Crippen molar-refractivity contribution in [3.63, 3.8) is 0 Å². The Morgan fingerprint density at radius 3 is 2.52 bits per heavy atom. The zero-order chi connectivity index (χ0) is 16.7. The first-order valence-electron chi connectivity index (χ1n) is 9.13. The molecule has 0 amide bonds. The predicted molar refractivity (Wildman–Crippen MR) is 93.6 cm³/mol. The Bertz CT molecular complexity index is 441. The third kappa shape index (κ3) is 5.50. The first-order valence-corrected chi connectivity index (χ1v) is 9.13. The molecule has 1 saturated heterocycles. The van der Waals surface area contributed by atoms with Gasteiger partial charge in [0.2, 0.25) is 0 Å². The van der Waals surface area contributed by atoms with Crippen molar-refractivity contribution in [2.75, 3.05) is 13.2 Å². The van der Waals surface area contributed by atoms with Crippen LogP contribution >= 0.6 is 0 Å². The summed E-state index contributed by atoms with van der Waals surface area (Å²) in [5.74, 6) is 2.10. The molecule has 0 radical (unpaired) electrons. The molecule has 23 heavy (non-hydrogen) atoms. The second-order valence-electron chi connectivity index (χ2n) is 6.90. The fourth-order valence-electron chi connectivity index (χ4n) is 2.90. The summed E-state index contributed by atoms with van der Waals surface area (Å²) in [5, 5.41) is 0. The van der Waals surface area contributed by atoms with E-state index in [4.69, 9.17) is 14.2 Å². The molecule has 0 N–H and O–H groups in total. The van der Waals surface area contributed by atoms with Gasteiger partial charge < -0.3 is 14.2 Å². The van der Waals surface area contributed by atoms with E-state index in [1.807, 2.05) is 12.1 Å². The molecule has 1 fully saturated rings. The van der Waals surface area contributed by atoms with Gasteiger partial charge in [0.15, 0.2) is 6.29 Å². The van der Waals surface area contributed by atoms with Crippen molar-refractivity contribution in [3.8, 4) is 5.75 Å². The summed E-state index contributed by atoms with van der Waals surface area (Å²) >= 11 is 0. The topological polar surface area (TPSA) is 27.7 Å². The minimum absolute atomic E-state index is 0.237. The summed E-state index contributed by atoms with van der Waals surface area (Å²) in [6.07, 6.45) is 4.52. The maximum Gasteiger partial charge on any atom is 0.184 e.